The SMILES string of the molecule is CC(C)(O)C#Cc1ccc([C@@H]2[C@@H](CO)N3CCCCN(C(=O)c4ccc(F)cc4)C[C@H]23)cc1. The van der Waals surface area contributed by atoms with Gasteiger partial charge in [0.15, 0.2) is 0 Å². The molecule has 0 aliphatic carbocycles. The maximum Gasteiger partial charge on any atom is 0.253 e. The van der Waals surface area contributed by atoms with E-state index in [1.165, 1.54) is 24.3 Å². The number of hydrogen-bond donors (Lipinski definition) is 2. The van der Waals surface area contributed by atoms with Crippen molar-refractivity contribution < 1.29 is 19.4 Å². The number of aliphatic hydroxyl groups is 2. The zero-order valence-electron chi connectivity index (χ0n) is 19.2. The Morgan fingerprint density at radius 2 is 1.76 bits per heavy atom. The summed E-state index contributed by atoms with van der Waals surface area (Å²) in [7, 11) is 0. The first kappa shape index (κ1) is 23.4. The van der Waals surface area contributed by atoms with E-state index in [2.05, 4.69) is 16.7 Å². The molecule has 2 heterocycles. The number of nitrogens with zero attached hydrogens (tertiary/aromatic N) is 2. The van der Waals surface area contributed by atoms with Gasteiger partial charge in [0.1, 0.15) is 11.4 Å². The molecule has 2 aliphatic rings. The highest BCUT2D eigenvalue weighted by Crippen LogP contribution is 2.42. The molecule has 4 rings (SSSR count). The lowest BCUT2D eigenvalue weighted by Crippen LogP contribution is -2.67. The molecule has 2 fully saturated rings. The zero-order chi connectivity index (χ0) is 23.6. The first-order valence-corrected chi connectivity index (χ1v) is 11.5. The lowest BCUT2D eigenvalue weighted by molar-refractivity contribution is -0.0606. The quantitative estimate of drug-likeness (QED) is 0.706. The largest absolute Gasteiger partial charge is 0.395 e. The lowest BCUT2D eigenvalue weighted by atomic mass is 9.74. The summed E-state index contributed by atoms with van der Waals surface area (Å²) in [6.07, 6.45) is 1.85. The molecule has 5 nitrogen and oxygen atoms in total. The molecule has 2 saturated heterocycles. The van der Waals surface area contributed by atoms with Gasteiger partial charge in [0.2, 0.25) is 0 Å². The van der Waals surface area contributed by atoms with E-state index in [1.54, 1.807) is 13.8 Å². The molecular formula is C27H31FN2O3. The standard InChI is InChI=1S/C27H31FN2O3/c1-27(2,33)14-13-19-5-7-20(8-6-19)25-23-17-29(15-3-4-16-30(23)24(25)18-31)26(32)21-9-11-22(28)12-10-21/h5-12,23-25,31,33H,3-4,15-18H2,1-2H3/t23-,24-,25+/m1/s1. The Morgan fingerprint density at radius 1 is 1.09 bits per heavy atom. The molecule has 1 amide bonds. The number of hydrogen-bond acceptors (Lipinski definition) is 4. The van der Waals surface area contributed by atoms with Crippen molar-refractivity contribution in [3.63, 3.8) is 0 Å². The monoisotopic (exact) mass is 450 g/mol. The molecule has 0 unspecified atom stereocenters. The number of carbonyl (C=O) groups is 1. The van der Waals surface area contributed by atoms with E-state index in [0.29, 0.717) is 18.7 Å². The average molecular weight is 451 g/mol. The van der Waals surface area contributed by atoms with Crippen molar-refractivity contribution in [2.75, 3.05) is 26.2 Å². The summed E-state index contributed by atoms with van der Waals surface area (Å²) in [6.45, 7) is 5.50. The number of amides is 1. The van der Waals surface area contributed by atoms with E-state index in [1.807, 2.05) is 29.2 Å². The van der Waals surface area contributed by atoms with E-state index in [4.69, 9.17) is 0 Å². The van der Waals surface area contributed by atoms with Crippen LogP contribution in [-0.4, -0.2) is 69.8 Å². The maximum atomic E-state index is 13.3. The summed E-state index contributed by atoms with van der Waals surface area (Å²) < 4.78 is 13.3. The Morgan fingerprint density at radius 3 is 2.39 bits per heavy atom. The topological polar surface area (TPSA) is 64.0 Å². The molecule has 0 aromatic heterocycles. The minimum atomic E-state index is -1.05. The third kappa shape index (κ3) is 5.27. The first-order chi connectivity index (χ1) is 15.8. The van der Waals surface area contributed by atoms with Crippen LogP contribution >= 0.6 is 0 Å². The third-order valence-electron chi connectivity index (χ3n) is 6.56. The summed E-state index contributed by atoms with van der Waals surface area (Å²) >= 11 is 0. The van der Waals surface area contributed by atoms with E-state index >= 15 is 0 Å². The average Bonchev–Trinajstić information content (AvgIpc) is 2.77. The molecule has 2 aliphatic heterocycles. The van der Waals surface area contributed by atoms with Crippen molar-refractivity contribution in [3.05, 3.63) is 71.0 Å². The van der Waals surface area contributed by atoms with Crippen molar-refractivity contribution in [2.45, 2.75) is 50.3 Å². The van der Waals surface area contributed by atoms with Gasteiger partial charge < -0.3 is 15.1 Å². The molecule has 2 N–H and O–H groups in total. The summed E-state index contributed by atoms with van der Waals surface area (Å²) in [5.41, 5.74) is 1.38. The fraction of sp³-hybridized carbons (Fsp3) is 0.444. The number of carbonyl (C=O) groups excluding carboxylic acids is 1. The Labute approximate surface area is 194 Å². The Bertz CT molecular complexity index is 1030. The van der Waals surface area contributed by atoms with Crippen LogP contribution in [0.3, 0.4) is 0 Å². The number of fused-ring (bicyclic) bond motifs is 1. The fourth-order valence-electron chi connectivity index (χ4n) is 4.91. The second-order valence-electron chi connectivity index (χ2n) is 9.48. The van der Waals surface area contributed by atoms with Crippen LogP contribution in [0.4, 0.5) is 4.39 Å². The Balaban J connectivity index is 1.55. The molecule has 0 radical (unpaired) electrons. The van der Waals surface area contributed by atoms with E-state index in [9.17, 15) is 19.4 Å². The second-order valence-corrected chi connectivity index (χ2v) is 9.48. The summed E-state index contributed by atoms with van der Waals surface area (Å²) in [5, 5.41) is 19.9. The molecular weight excluding hydrogens is 419 g/mol. The molecule has 0 spiro atoms. The Hall–Kier alpha value is -2.72. The maximum absolute atomic E-state index is 13.3. The lowest BCUT2D eigenvalue weighted by Gasteiger charge is -2.57. The summed E-state index contributed by atoms with van der Waals surface area (Å²) in [4.78, 5) is 17.3. The van der Waals surface area contributed by atoms with Crippen molar-refractivity contribution >= 4 is 5.91 Å². The molecule has 0 bridgehead atoms. The number of rotatable bonds is 3. The van der Waals surface area contributed by atoms with Gasteiger partial charge in [-0.05, 0) is 75.2 Å². The first-order valence-electron chi connectivity index (χ1n) is 11.5. The molecule has 6 heteroatoms. The minimum absolute atomic E-state index is 0.0178. The van der Waals surface area contributed by atoms with Gasteiger partial charge in [0.05, 0.1) is 6.61 Å². The number of benzene rings is 2. The molecule has 2 aromatic rings. The van der Waals surface area contributed by atoms with Gasteiger partial charge in [-0.2, -0.15) is 0 Å². The summed E-state index contributed by atoms with van der Waals surface area (Å²) in [5.74, 6) is 5.48. The van der Waals surface area contributed by atoms with Crippen molar-refractivity contribution in [3.8, 4) is 11.8 Å². The summed E-state index contributed by atoms with van der Waals surface area (Å²) in [6, 6.07) is 13.8. The van der Waals surface area contributed by atoms with Gasteiger partial charge in [0.25, 0.3) is 5.91 Å². The van der Waals surface area contributed by atoms with Gasteiger partial charge in [0, 0.05) is 42.2 Å². The predicted molar refractivity (Wildman–Crippen MR) is 125 cm³/mol. The van der Waals surface area contributed by atoms with Crippen LogP contribution in [0, 0.1) is 17.7 Å². The Kier molecular flexibility index (Phi) is 6.85. The van der Waals surface area contributed by atoms with Gasteiger partial charge in [-0.1, -0.05) is 24.0 Å². The van der Waals surface area contributed by atoms with Crippen LogP contribution in [0.25, 0.3) is 0 Å². The molecule has 2 aromatic carbocycles. The highest BCUT2D eigenvalue weighted by molar-refractivity contribution is 5.94. The van der Waals surface area contributed by atoms with Crippen LogP contribution in [-0.2, 0) is 0 Å². The van der Waals surface area contributed by atoms with Crippen molar-refractivity contribution in [2.24, 2.45) is 0 Å². The van der Waals surface area contributed by atoms with Crippen LogP contribution in [0.15, 0.2) is 48.5 Å². The second kappa shape index (κ2) is 9.64. The molecule has 174 valence electrons. The van der Waals surface area contributed by atoms with Crippen LogP contribution in [0.1, 0.15) is 54.1 Å². The van der Waals surface area contributed by atoms with E-state index < -0.39 is 5.60 Å². The molecule has 0 saturated carbocycles. The minimum Gasteiger partial charge on any atom is -0.395 e. The predicted octanol–water partition coefficient (Wildman–Crippen LogP) is 3.01. The smallest absolute Gasteiger partial charge is 0.253 e. The van der Waals surface area contributed by atoms with Crippen LogP contribution in [0.2, 0.25) is 0 Å². The van der Waals surface area contributed by atoms with Crippen LogP contribution in [0.5, 0.6) is 0 Å². The zero-order valence-corrected chi connectivity index (χ0v) is 19.2. The van der Waals surface area contributed by atoms with Gasteiger partial charge in [-0.15, -0.1) is 0 Å². The van der Waals surface area contributed by atoms with Crippen molar-refractivity contribution in [1.82, 2.24) is 9.80 Å². The highest BCUT2D eigenvalue weighted by Gasteiger charge is 2.49. The van der Waals surface area contributed by atoms with E-state index in [-0.39, 0.29) is 36.3 Å². The van der Waals surface area contributed by atoms with Crippen LogP contribution < -0.4 is 0 Å². The third-order valence-corrected chi connectivity index (χ3v) is 6.56. The number of halogens is 1. The van der Waals surface area contributed by atoms with Gasteiger partial charge in [-0.3, -0.25) is 9.69 Å². The molecule has 3 atom stereocenters. The highest BCUT2D eigenvalue weighted by atomic mass is 19.1. The van der Waals surface area contributed by atoms with Gasteiger partial charge in [-0.25, -0.2) is 4.39 Å². The molecule has 33 heavy (non-hydrogen) atoms. The van der Waals surface area contributed by atoms with Crippen molar-refractivity contribution in [1.29, 1.82) is 0 Å². The normalized spacial score (nSPS) is 23.4. The van der Waals surface area contributed by atoms with E-state index in [0.717, 1.165) is 30.5 Å². The number of aliphatic hydroxyl groups excluding tert-OH is 1. The van der Waals surface area contributed by atoms with Gasteiger partial charge >= 0.3 is 0 Å². The fourth-order valence-corrected chi connectivity index (χ4v) is 4.91.